The van der Waals surface area contributed by atoms with Crippen LogP contribution in [0.15, 0.2) is 24.3 Å². The van der Waals surface area contributed by atoms with E-state index in [0.29, 0.717) is 19.0 Å². The van der Waals surface area contributed by atoms with Crippen LogP contribution >= 0.6 is 0 Å². The lowest BCUT2D eigenvalue weighted by Gasteiger charge is -2.18. The molecule has 0 spiro atoms. The SMILES string of the molecule is CN(Cc1cccc(F)c1)C(=O)CCC1CCCN1. The molecular formula is C15H21FN2O. The number of amides is 1. The third-order valence-corrected chi connectivity index (χ3v) is 3.60. The summed E-state index contributed by atoms with van der Waals surface area (Å²) in [4.78, 5) is 13.7. The molecule has 1 atom stereocenters. The zero-order valence-corrected chi connectivity index (χ0v) is 11.4. The van der Waals surface area contributed by atoms with Crippen LogP contribution in [-0.2, 0) is 11.3 Å². The second kappa shape index (κ2) is 6.66. The number of hydrogen-bond acceptors (Lipinski definition) is 2. The Morgan fingerprint density at radius 1 is 1.53 bits per heavy atom. The van der Waals surface area contributed by atoms with E-state index < -0.39 is 0 Å². The van der Waals surface area contributed by atoms with E-state index in [9.17, 15) is 9.18 Å². The predicted molar refractivity (Wildman–Crippen MR) is 73.1 cm³/mol. The molecule has 1 aliphatic rings. The summed E-state index contributed by atoms with van der Waals surface area (Å²) in [6.07, 6.45) is 3.83. The molecule has 4 heteroatoms. The average Bonchev–Trinajstić information content (AvgIpc) is 2.89. The van der Waals surface area contributed by atoms with Crippen molar-refractivity contribution in [3.05, 3.63) is 35.6 Å². The molecule has 1 aromatic carbocycles. The molecule has 1 fully saturated rings. The van der Waals surface area contributed by atoms with Crippen molar-refractivity contribution in [2.75, 3.05) is 13.6 Å². The van der Waals surface area contributed by atoms with Crippen molar-refractivity contribution < 1.29 is 9.18 Å². The minimum Gasteiger partial charge on any atom is -0.341 e. The Bertz CT molecular complexity index is 430. The highest BCUT2D eigenvalue weighted by Gasteiger charge is 2.17. The normalized spacial score (nSPS) is 18.5. The zero-order valence-electron chi connectivity index (χ0n) is 11.4. The van der Waals surface area contributed by atoms with Crippen LogP contribution in [0.4, 0.5) is 4.39 Å². The van der Waals surface area contributed by atoms with Gasteiger partial charge in [0.05, 0.1) is 0 Å². The summed E-state index contributed by atoms with van der Waals surface area (Å²) in [5.41, 5.74) is 0.829. The molecule has 1 amide bonds. The summed E-state index contributed by atoms with van der Waals surface area (Å²) in [5.74, 6) is -0.133. The largest absolute Gasteiger partial charge is 0.341 e. The lowest BCUT2D eigenvalue weighted by molar-refractivity contribution is -0.130. The van der Waals surface area contributed by atoms with Gasteiger partial charge in [-0.1, -0.05) is 12.1 Å². The third kappa shape index (κ3) is 4.31. The number of nitrogens with one attached hydrogen (secondary N) is 1. The fourth-order valence-electron chi connectivity index (χ4n) is 2.49. The fraction of sp³-hybridized carbons (Fsp3) is 0.533. The second-order valence-electron chi connectivity index (χ2n) is 5.21. The number of hydrogen-bond donors (Lipinski definition) is 1. The number of rotatable bonds is 5. The van der Waals surface area contributed by atoms with Crippen molar-refractivity contribution in [1.82, 2.24) is 10.2 Å². The van der Waals surface area contributed by atoms with Crippen LogP contribution < -0.4 is 5.32 Å². The van der Waals surface area contributed by atoms with Gasteiger partial charge in [0.15, 0.2) is 0 Å². The summed E-state index contributed by atoms with van der Waals surface area (Å²) in [7, 11) is 1.77. The highest BCUT2D eigenvalue weighted by Crippen LogP contribution is 2.13. The Hall–Kier alpha value is -1.42. The standard InChI is InChI=1S/C15H21FN2O/c1-18(11-12-4-2-5-13(16)10-12)15(19)8-7-14-6-3-9-17-14/h2,4-5,10,14,17H,3,6-9,11H2,1H3. The highest BCUT2D eigenvalue weighted by atomic mass is 19.1. The first-order valence-corrected chi connectivity index (χ1v) is 6.87. The van der Waals surface area contributed by atoms with E-state index in [2.05, 4.69) is 5.32 Å². The van der Waals surface area contributed by atoms with Crippen molar-refractivity contribution in [3.8, 4) is 0 Å². The van der Waals surface area contributed by atoms with Crippen molar-refractivity contribution in [2.24, 2.45) is 0 Å². The Balaban J connectivity index is 1.78. The van der Waals surface area contributed by atoms with Crippen molar-refractivity contribution >= 4 is 5.91 Å². The molecular weight excluding hydrogens is 243 g/mol. The maximum absolute atomic E-state index is 13.1. The molecule has 104 valence electrons. The van der Waals surface area contributed by atoms with E-state index in [1.807, 2.05) is 6.07 Å². The van der Waals surface area contributed by atoms with E-state index in [1.54, 1.807) is 18.0 Å². The predicted octanol–water partition coefficient (Wildman–Crippen LogP) is 2.32. The van der Waals surface area contributed by atoms with E-state index in [0.717, 1.165) is 18.5 Å². The lowest BCUT2D eigenvalue weighted by Crippen LogP contribution is -2.29. The summed E-state index contributed by atoms with van der Waals surface area (Å²) < 4.78 is 13.1. The van der Waals surface area contributed by atoms with Gasteiger partial charge >= 0.3 is 0 Å². The van der Waals surface area contributed by atoms with Gasteiger partial charge in [-0.25, -0.2) is 4.39 Å². The first-order chi connectivity index (χ1) is 9.15. The summed E-state index contributed by atoms with van der Waals surface area (Å²) in [6, 6.07) is 6.89. The van der Waals surface area contributed by atoms with Gasteiger partial charge in [0.25, 0.3) is 0 Å². The first kappa shape index (κ1) is 14.0. The van der Waals surface area contributed by atoms with Crippen LogP contribution in [0.1, 0.15) is 31.2 Å². The highest BCUT2D eigenvalue weighted by molar-refractivity contribution is 5.75. The molecule has 3 nitrogen and oxygen atoms in total. The summed E-state index contributed by atoms with van der Waals surface area (Å²) in [6.45, 7) is 1.53. The molecule has 0 saturated carbocycles. The topological polar surface area (TPSA) is 32.3 Å². The Kier molecular flexibility index (Phi) is 4.91. The Labute approximate surface area is 113 Å². The van der Waals surface area contributed by atoms with Crippen LogP contribution in [0.25, 0.3) is 0 Å². The molecule has 1 aliphatic heterocycles. The lowest BCUT2D eigenvalue weighted by atomic mass is 10.1. The maximum Gasteiger partial charge on any atom is 0.222 e. The van der Waals surface area contributed by atoms with Crippen LogP contribution in [0.5, 0.6) is 0 Å². The molecule has 19 heavy (non-hydrogen) atoms. The zero-order chi connectivity index (χ0) is 13.7. The minimum absolute atomic E-state index is 0.123. The molecule has 1 N–H and O–H groups in total. The van der Waals surface area contributed by atoms with Crippen molar-refractivity contribution in [3.63, 3.8) is 0 Å². The molecule has 1 saturated heterocycles. The number of halogens is 1. The summed E-state index contributed by atoms with van der Waals surface area (Å²) >= 11 is 0. The monoisotopic (exact) mass is 264 g/mol. The molecule has 1 unspecified atom stereocenters. The summed E-state index contributed by atoms with van der Waals surface area (Å²) in [5, 5.41) is 3.39. The number of carbonyl (C=O) groups excluding carboxylic acids is 1. The van der Waals surface area contributed by atoms with Gasteiger partial charge in [0, 0.05) is 26.1 Å². The number of benzene rings is 1. The van der Waals surface area contributed by atoms with Crippen LogP contribution in [-0.4, -0.2) is 30.4 Å². The second-order valence-corrected chi connectivity index (χ2v) is 5.21. The number of nitrogens with zero attached hydrogens (tertiary/aromatic N) is 1. The van der Waals surface area contributed by atoms with E-state index in [4.69, 9.17) is 0 Å². The quantitative estimate of drug-likeness (QED) is 0.885. The fourth-order valence-corrected chi connectivity index (χ4v) is 2.49. The smallest absolute Gasteiger partial charge is 0.222 e. The molecule has 1 aromatic rings. The van der Waals surface area contributed by atoms with Gasteiger partial charge in [-0.05, 0) is 43.5 Å². The average molecular weight is 264 g/mol. The van der Waals surface area contributed by atoms with Crippen molar-refractivity contribution in [2.45, 2.75) is 38.3 Å². The van der Waals surface area contributed by atoms with Crippen LogP contribution in [0, 0.1) is 5.82 Å². The van der Waals surface area contributed by atoms with Crippen molar-refractivity contribution in [1.29, 1.82) is 0 Å². The van der Waals surface area contributed by atoms with Gasteiger partial charge in [-0.3, -0.25) is 4.79 Å². The molecule has 0 radical (unpaired) electrons. The van der Waals surface area contributed by atoms with E-state index >= 15 is 0 Å². The van der Waals surface area contributed by atoms with Gasteiger partial charge < -0.3 is 10.2 Å². The Morgan fingerprint density at radius 3 is 3.05 bits per heavy atom. The molecule has 2 rings (SSSR count). The van der Waals surface area contributed by atoms with E-state index in [-0.39, 0.29) is 11.7 Å². The Morgan fingerprint density at radius 2 is 2.37 bits per heavy atom. The van der Waals surface area contributed by atoms with Gasteiger partial charge in [-0.15, -0.1) is 0 Å². The van der Waals surface area contributed by atoms with Gasteiger partial charge in [0.2, 0.25) is 5.91 Å². The maximum atomic E-state index is 13.1. The number of carbonyl (C=O) groups is 1. The minimum atomic E-state index is -0.256. The van der Waals surface area contributed by atoms with E-state index in [1.165, 1.54) is 25.0 Å². The van der Waals surface area contributed by atoms with Gasteiger partial charge in [-0.2, -0.15) is 0 Å². The van der Waals surface area contributed by atoms with Crippen LogP contribution in [0.3, 0.4) is 0 Å². The van der Waals surface area contributed by atoms with Gasteiger partial charge in [0.1, 0.15) is 5.82 Å². The first-order valence-electron chi connectivity index (χ1n) is 6.87. The molecule has 0 aromatic heterocycles. The molecule has 0 aliphatic carbocycles. The molecule has 1 heterocycles. The third-order valence-electron chi connectivity index (χ3n) is 3.60. The molecule has 0 bridgehead atoms. The van der Waals surface area contributed by atoms with Crippen LogP contribution in [0.2, 0.25) is 0 Å².